The summed E-state index contributed by atoms with van der Waals surface area (Å²) in [4.78, 5) is 34.0. The molecule has 1 saturated heterocycles. The molecule has 1 aliphatic heterocycles. The number of hydrogen-bond acceptors (Lipinski definition) is 8. The van der Waals surface area contributed by atoms with Crippen LogP contribution >= 0.6 is 23.2 Å². The summed E-state index contributed by atoms with van der Waals surface area (Å²) in [6.45, 7) is 1.87. The number of epoxide rings is 1. The summed E-state index contributed by atoms with van der Waals surface area (Å²) in [7, 11) is 0. The maximum atomic E-state index is 11.3. The highest BCUT2D eigenvalue weighted by Crippen LogP contribution is 2.11. The molecule has 0 aliphatic carbocycles. The molecule has 2 aromatic heterocycles. The molecule has 3 rings (SSSR count). The Balaban J connectivity index is 0.000000247. The summed E-state index contributed by atoms with van der Waals surface area (Å²) >= 11 is 11.2. The van der Waals surface area contributed by atoms with Gasteiger partial charge in [-0.25, -0.2) is 20.9 Å². The lowest BCUT2D eigenvalue weighted by Gasteiger charge is -2.04. The van der Waals surface area contributed by atoms with E-state index in [-0.39, 0.29) is 34.6 Å². The smallest absolute Gasteiger partial charge is 0.277 e. The van der Waals surface area contributed by atoms with Gasteiger partial charge in [0.05, 0.1) is 37.6 Å². The van der Waals surface area contributed by atoms with E-state index in [0.29, 0.717) is 0 Å². The Hall–Kier alpha value is -2.34. The number of nitrogens with one attached hydrogen (secondary N) is 2. The molecule has 2 aromatic rings. The largest absolute Gasteiger partial charge is 0.394 e. The maximum absolute atomic E-state index is 11.3. The van der Waals surface area contributed by atoms with Crippen molar-refractivity contribution in [3.05, 3.63) is 58.1 Å². The first-order valence-electron chi connectivity index (χ1n) is 7.77. The average molecular weight is 433 g/mol. The lowest BCUT2D eigenvalue weighted by molar-refractivity contribution is 0.0168. The standard InChI is InChI=1S/C8H9ClN2O3.C6H5ClN2O2.C2H4O/c9-7-6(2-1-3-10-7)8(13)11-14-5-4-12;7-5-4(6(10)9-11)2-1-3-8-5;1-2-3-1/h1-3,12H,4-5H2,(H,11,13);1-3,11H,(H,9,10);1-2H2. The quantitative estimate of drug-likeness (QED) is 0.181. The molecule has 0 unspecified atom stereocenters. The topological polar surface area (TPSA) is 146 Å². The molecule has 0 radical (unpaired) electrons. The van der Waals surface area contributed by atoms with E-state index < -0.39 is 11.8 Å². The predicted octanol–water partition coefficient (Wildman–Crippen LogP) is 1.26. The number of ether oxygens (including phenoxy) is 1. The number of halogens is 2. The molecule has 1 aliphatic rings. The fraction of sp³-hybridized carbons (Fsp3) is 0.250. The summed E-state index contributed by atoms with van der Waals surface area (Å²) < 4.78 is 4.50. The zero-order chi connectivity index (χ0) is 20.8. The molecule has 0 spiro atoms. The van der Waals surface area contributed by atoms with Crippen molar-refractivity contribution in [2.24, 2.45) is 0 Å². The van der Waals surface area contributed by atoms with Crippen LogP contribution < -0.4 is 11.0 Å². The third kappa shape index (κ3) is 9.55. The zero-order valence-electron chi connectivity index (χ0n) is 14.5. The minimum Gasteiger partial charge on any atom is -0.394 e. The number of carbonyl (C=O) groups is 2. The van der Waals surface area contributed by atoms with Gasteiger partial charge in [0.2, 0.25) is 0 Å². The maximum Gasteiger partial charge on any atom is 0.277 e. The Morgan fingerprint density at radius 3 is 1.96 bits per heavy atom. The van der Waals surface area contributed by atoms with E-state index in [1.54, 1.807) is 12.1 Å². The number of aliphatic hydroxyl groups is 1. The lowest BCUT2D eigenvalue weighted by atomic mass is 10.3. The Labute approximate surface area is 170 Å². The number of aliphatic hydroxyl groups excluding tert-OH is 1. The second kappa shape index (κ2) is 13.8. The second-order valence-corrected chi connectivity index (χ2v) is 5.46. The molecule has 3 heterocycles. The van der Waals surface area contributed by atoms with E-state index in [1.165, 1.54) is 30.0 Å². The van der Waals surface area contributed by atoms with Crippen molar-refractivity contribution in [2.75, 3.05) is 26.4 Å². The monoisotopic (exact) mass is 432 g/mol. The van der Waals surface area contributed by atoms with Gasteiger partial charge in [-0.05, 0) is 24.3 Å². The van der Waals surface area contributed by atoms with Crippen LogP contribution in [0.3, 0.4) is 0 Å². The van der Waals surface area contributed by atoms with Crippen LogP contribution in [0.25, 0.3) is 0 Å². The van der Waals surface area contributed by atoms with Gasteiger partial charge < -0.3 is 9.84 Å². The van der Waals surface area contributed by atoms with Gasteiger partial charge in [0, 0.05) is 12.4 Å². The Kier molecular flexibility index (Phi) is 11.7. The predicted molar refractivity (Wildman–Crippen MR) is 99.1 cm³/mol. The van der Waals surface area contributed by atoms with Gasteiger partial charge in [-0.3, -0.25) is 19.6 Å². The molecule has 0 atom stereocenters. The van der Waals surface area contributed by atoms with Crippen molar-refractivity contribution >= 4 is 35.0 Å². The first-order valence-corrected chi connectivity index (χ1v) is 8.53. The zero-order valence-corrected chi connectivity index (χ0v) is 16.0. The summed E-state index contributed by atoms with van der Waals surface area (Å²) in [6, 6.07) is 6.12. The Morgan fingerprint density at radius 2 is 1.57 bits per heavy atom. The van der Waals surface area contributed by atoms with Gasteiger partial charge in [0.1, 0.15) is 10.3 Å². The normalized spacial score (nSPS) is 11.1. The van der Waals surface area contributed by atoms with E-state index in [0.717, 1.165) is 13.2 Å². The fourth-order valence-corrected chi connectivity index (χ4v) is 1.80. The van der Waals surface area contributed by atoms with E-state index >= 15 is 0 Å². The number of nitrogens with zero attached hydrogens (tertiary/aromatic N) is 2. The van der Waals surface area contributed by atoms with Gasteiger partial charge in [0.15, 0.2) is 0 Å². The summed E-state index contributed by atoms with van der Waals surface area (Å²) in [5.74, 6) is -1.15. The van der Waals surface area contributed by atoms with Crippen molar-refractivity contribution in [1.82, 2.24) is 20.9 Å². The van der Waals surface area contributed by atoms with Crippen LogP contribution in [-0.4, -0.2) is 58.5 Å². The average Bonchev–Trinajstić information content (AvgIpc) is 3.58. The SMILES string of the molecule is C1CO1.O=C(NO)c1cccnc1Cl.O=C(NOCCO)c1cccnc1Cl. The highest BCUT2D eigenvalue weighted by atomic mass is 35.5. The molecule has 10 nitrogen and oxygen atoms in total. The van der Waals surface area contributed by atoms with Crippen molar-refractivity contribution in [3.8, 4) is 0 Å². The Morgan fingerprint density at radius 1 is 1.07 bits per heavy atom. The molecular weight excluding hydrogens is 415 g/mol. The molecule has 4 N–H and O–H groups in total. The number of hydroxylamine groups is 2. The minimum atomic E-state index is -0.664. The summed E-state index contributed by atoms with van der Waals surface area (Å²) in [6.07, 6.45) is 2.93. The van der Waals surface area contributed by atoms with Crippen molar-refractivity contribution in [1.29, 1.82) is 0 Å². The summed E-state index contributed by atoms with van der Waals surface area (Å²) in [5, 5.41) is 16.8. The molecule has 0 saturated carbocycles. The van der Waals surface area contributed by atoms with E-state index in [4.69, 9.17) is 33.5 Å². The van der Waals surface area contributed by atoms with E-state index in [9.17, 15) is 9.59 Å². The first-order chi connectivity index (χ1) is 13.5. The van der Waals surface area contributed by atoms with Gasteiger partial charge >= 0.3 is 0 Å². The molecule has 0 bridgehead atoms. The highest BCUT2D eigenvalue weighted by Gasteiger charge is 2.10. The van der Waals surface area contributed by atoms with E-state index in [2.05, 4.69) is 25.0 Å². The summed E-state index contributed by atoms with van der Waals surface area (Å²) in [5.41, 5.74) is 3.95. The highest BCUT2D eigenvalue weighted by molar-refractivity contribution is 6.32. The third-order valence-electron chi connectivity index (χ3n) is 2.67. The van der Waals surface area contributed by atoms with Gasteiger partial charge in [-0.2, -0.15) is 0 Å². The van der Waals surface area contributed by atoms with Crippen LogP contribution in [-0.2, 0) is 9.57 Å². The second-order valence-electron chi connectivity index (χ2n) is 4.74. The minimum absolute atomic E-state index is 0.0314. The molecule has 2 amide bonds. The van der Waals surface area contributed by atoms with Crippen molar-refractivity contribution < 1.29 is 29.5 Å². The molecule has 1 fully saturated rings. The molecule has 0 aromatic carbocycles. The van der Waals surface area contributed by atoms with Crippen LogP contribution in [0.15, 0.2) is 36.7 Å². The van der Waals surface area contributed by atoms with Crippen LogP contribution in [0.5, 0.6) is 0 Å². The number of pyridine rings is 2. The van der Waals surface area contributed by atoms with Gasteiger partial charge in [0.25, 0.3) is 11.8 Å². The van der Waals surface area contributed by atoms with Crippen LogP contribution in [0.1, 0.15) is 20.7 Å². The molecule has 12 heteroatoms. The number of hydrogen-bond donors (Lipinski definition) is 4. The van der Waals surface area contributed by atoms with Crippen molar-refractivity contribution in [3.63, 3.8) is 0 Å². The van der Waals surface area contributed by atoms with E-state index in [1.807, 2.05) is 0 Å². The number of amides is 2. The Bertz CT molecular complexity index is 761. The van der Waals surface area contributed by atoms with Gasteiger partial charge in [-0.1, -0.05) is 23.2 Å². The first kappa shape index (κ1) is 23.7. The molecular formula is C16H18Cl2N4O6. The number of rotatable bonds is 5. The number of carbonyl (C=O) groups excluding carboxylic acids is 2. The van der Waals surface area contributed by atoms with Crippen LogP contribution in [0, 0.1) is 0 Å². The lowest BCUT2D eigenvalue weighted by Crippen LogP contribution is -2.25. The van der Waals surface area contributed by atoms with Crippen LogP contribution in [0.2, 0.25) is 10.3 Å². The number of aromatic nitrogens is 2. The van der Waals surface area contributed by atoms with Crippen LogP contribution in [0.4, 0.5) is 0 Å². The van der Waals surface area contributed by atoms with Gasteiger partial charge in [-0.15, -0.1) is 0 Å². The molecule has 28 heavy (non-hydrogen) atoms. The fourth-order valence-electron chi connectivity index (χ4n) is 1.39. The third-order valence-corrected chi connectivity index (χ3v) is 3.27. The van der Waals surface area contributed by atoms with Crippen molar-refractivity contribution in [2.45, 2.75) is 0 Å². The molecule has 152 valence electrons.